The molecule has 0 atom stereocenters. The van der Waals surface area contributed by atoms with Gasteiger partial charge in [-0.25, -0.2) is 4.39 Å². The van der Waals surface area contributed by atoms with E-state index in [4.69, 9.17) is 0 Å². The van der Waals surface area contributed by atoms with Gasteiger partial charge >= 0.3 is 0 Å². The van der Waals surface area contributed by atoms with Crippen molar-refractivity contribution in [1.29, 1.82) is 0 Å². The summed E-state index contributed by atoms with van der Waals surface area (Å²) in [6.07, 6.45) is 0. The molecule has 0 radical (unpaired) electrons. The zero-order valence-corrected chi connectivity index (χ0v) is 12.2. The zero-order chi connectivity index (χ0) is 14.8. The molecule has 3 rings (SSSR count). The Hall–Kier alpha value is -2.41. The Morgan fingerprint density at radius 3 is 2.10 bits per heavy atom. The summed E-state index contributed by atoms with van der Waals surface area (Å²) in [5.41, 5.74) is 6.03. The van der Waals surface area contributed by atoms with Gasteiger partial charge in [0.15, 0.2) is 0 Å². The Morgan fingerprint density at radius 2 is 1.33 bits per heavy atom. The van der Waals surface area contributed by atoms with E-state index in [2.05, 4.69) is 25.1 Å². The summed E-state index contributed by atoms with van der Waals surface area (Å²) in [6.45, 7) is 4.05. The number of aryl methyl sites for hydroxylation is 2. The fraction of sp³-hybridized carbons (Fsp3) is 0.100. The van der Waals surface area contributed by atoms with Crippen molar-refractivity contribution < 1.29 is 4.39 Å². The minimum absolute atomic E-state index is 0.180. The van der Waals surface area contributed by atoms with E-state index in [1.165, 1.54) is 11.6 Å². The van der Waals surface area contributed by atoms with Crippen molar-refractivity contribution in [3.05, 3.63) is 83.7 Å². The fourth-order valence-corrected chi connectivity index (χ4v) is 2.63. The summed E-state index contributed by atoms with van der Waals surface area (Å²) >= 11 is 0. The molecule has 0 heterocycles. The summed E-state index contributed by atoms with van der Waals surface area (Å²) in [6, 6.07) is 21.5. The molecule has 21 heavy (non-hydrogen) atoms. The van der Waals surface area contributed by atoms with Gasteiger partial charge < -0.3 is 0 Å². The van der Waals surface area contributed by atoms with Crippen molar-refractivity contribution in [2.45, 2.75) is 13.8 Å². The minimum Gasteiger partial charge on any atom is -0.206 e. The Balaban J connectivity index is 2.23. The largest absolute Gasteiger partial charge is 0.206 e. The molecule has 0 aliphatic carbocycles. The maximum atomic E-state index is 14.2. The summed E-state index contributed by atoms with van der Waals surface area (Å²) < 4.78 is 14.2. The van der Waals surface area contributed by atoms with E-state index in [0.717, 1.165) is 22.3 Å². The van der Waals surface area contributed by atoms with Crippen LogP contribution in [-0.2, 0) is 0 Å². The third-order valence-electron chi connectivity index (χ3n) is 3.67. The lowest BCUT2D eigenvalue weighted by atomic mass is 9.93. The fourth-order valence-electron chi connectivity index (χ4n) is 2.63. The van der Waals surface area contributed by atoms with E-state index < -0.39 is 0 Å². The van der Waals surface area contributed by atoms with Gasteiger partial charge in [0.2, 0.25) is 0 Å². The van der Waals surface area contributed by atoms with Gasteiger partial charge in [0.25, 0.3) is 0 Å². The van der Waals surface area contributed by atoms with E-state index >= 15 is 0 Å². The standard InChI is InChI=1S/C20H17F/c1-14-6-5-7-16(12-14)17-8-3-4-9-18(17)19-13-15(2)10-11-20(19)21/h3-13H,1-2H3. The van der Waals surface area contributed by atoms with Crippen LogP contribution in [0.25, 0.3) is 22.3 Å². The quantitative estimate of drug-likeness (QED) is 0.557. The van der Waals surface area contributed by atoms with Crippen molar-refractivity contribution in [1.82, 2.24) is 0 Å². The molecule has 0 bridgehead atoms. The van der Waals surface area contributed by atoms with E-state index in [1.807, 2.05) is 43.3 Å². The maximum Gasteiger partial charge on any atom is 0.131 e. The molecule has 0 saturated carbocycles. The predicted octanol–water partition coefficient (Wildman–Crippen LogP) is 5.78. The number of halogens is 1. The van der Waals surface area contributed by atoms with Crippen LogP contribution in [0.15, 0.2) is 66.7 Å². The smallest absolute Gasteiger partial charge is 0.131 e. The Morgan fingerprint density at radius 1 is 0.619 bits per heavy atom. The zero-order valence-electron chi connectivity index (χ0n) is 12.2. The molecule has 3 aromatic carbocycles. The summed E-state index contributed by atoms with van der Waals surface area (Å²) in [7, 11) is 0. The van der Waals surface area contributed by atoms with Crippen LogP contribution in [0.2, 0.25) is 0 Å². The molecule has 1 heteroatoms. The summed E-state index contributed by atoms with van der Waals surface area (Å²) in [5.74, 6) is -0.180. The molecular weight excluding hydrogens is 259 g/mol. The topological polar surface area (TPSA) is 0 Å². The van der Waals surface area contributed by atoms with Crippen molar-refractivity contribution in [3.63, 3.8) is 0 Å². The van der Waals surface area contributed by atoms with E-state index in [-0.39, 0.29) is 5.82 Å². The van der Waals surface area contributed by atoms with Crippen molar-refractivity contribution in [2.75, 3.05) is 0 Å². The number of hydrogen-bond donors (Lipinski definition) is 0. The minimum atomic E-state index is -0.180. The third kappa shape index (κ3) is 2.73. The second-order valence-corrected chi connectivity index (χ2v) is 5.40. The van der Waals surface area contributed by atoms with Crippen molar-refractivity contribution in [3.8, 4) is 22.3 Å². The van der Waals surface area contributed by atoms with Crippen LogP contribution >= 0.6 is 0 Å². The normalized spacial score (nSPS) is 10.6. The van der Waals surface area contributed by atoms with Crippen LogP contribution in [0.4, 0.5) is 4.39 Å². The molecule has 0 saturated heterocycles. The lowest BCUT2D eigenvalue weighted by Crippen LogP contribution is -1.90. The number of benzene rings is 3. The molecule has 0 unspecified atom stereocenters. The van der Waals surface area contributed by atoms with Gasteiger partial charge in [0.1, 0.15) is 5.82 Å². The molecule has 0 nitrogen and oxygen atoms in total. The first-order chi connectivity index (χ1) is 10.1. The number of rotatable bonds is 2. The molecule has 104 valence electrons. The third-order valence-corrected chi connectivity index (χ3v) is 3.67. The van der Waals surface area contributed by atoms with E-state index in [9.17, 15) is 4.39 Å². The van der Waals surface area contributed by atoms with Crippen LogP contribution in [0.5, 0.6) is 0 Å². The van der Waals surface area contributed by atoms with Crippen LogP contribution in [0.1, 0.15) is 11.1 Å². The maximum absolute atomic E-state index is 14.2. The van der Waals surface area contributed by atoms with Gasteiger partial charge in [-0.3, -0.25) is 0 Å². The highest BCUT2D eigenvalue weighted by molar-refractivity contribution is 5.84. The Bertz CT molecular complexity index is 787. The summed E-state index contributed by atoms with van der Waals surface area (Å²) in [4.78, 5) is 0. The van der Waals surface area contributed by atoms with E-state index in [1.54, 1.807) is 6.07 Å². The van der Waals surface area contributed by atoms with Gasteiger partial charge in [-0.2, -0.15) is 0 Å². The van der Waals surface area contributed by atoms with Gasteiger partial charge in [-0.15, -0.1) is 0 Å². The molecular formula is C20H17F. The van der Waals surface area contributed by atoms with Crippen molar-refractivity contribution >= 4 is 0 Å². The molecule has 0 spiro atoms. The molecule has 0 N–H and O–H groups in total. The van der Waals surface area contributed by atoms with Crippen LogP contribution in [-0.4, -0.2) is 0 Å². The molecule has 3 aromatic rings. The Kier molecular flexibility index (Phi) is 3.57. The van der Waals surface area contributed by atoms with E-state index in [0.29, 0.717) is 5.56 Å². The van der Waals surface area contributed by atoms with Gasteiger partial charge in [0.05, 0.1) is 0 Å². The average Bonchev–Trinajstić information content (AvgIpc) is 2.50. The monoisotopic (exact) mass is 276 g/mol. The highest BCUT2D eigenvalue weighted by Gasteiger charge is 2.11. The van der Waals surface area contributed by atoms with Crippen LogP contribution in [0, 0.1) is 19.7 Å². The van der Waals surface area contributed by atoms with Gasteiger partial charge in [0, 0.05) is 5.56 Å². The number of hydrogen-bond acceptors (Lipinski definition) is 0. The highest BCUT2D eigenvalue weighted by Crippen LogP contribution is 2.34. The second kappa shape index (κ2) is 5.53. The first kappa shape index (κ1) is 13.6. The van der Waals surface area contributed by atoms with Gasteiger partial charge in [-0.1, -0.05) is 65.7 Å². The lowest BCUT2D eigenvalue weighted by Gasteiger charge is -2.12. The second-order valence-electron chi connectivity index (χ2n) is 5.40. The SMILES string of the molecule is Cc1cccc(-c2ccccc2-c2cc(C)ccc2F)c1. The lowest BCUT2D eigenvalue weighted by molar-refractivity contribution is 0.631. The molecule has 0 amide bonds. The first-order valence-electron chi connectivity index (χ1n) is 7.08. The van der Waals surface area contributed by atoms with Crippen molar-refractivity contribution in [2.24, 2.45) is 0 Å². The molecule has 0 aliphatic heterocycles. The molecule has 0 aliphatic rings. The summed E-state index contributed by atoms with van der Waals surface area (Å²) in [5, 5.41) is 0. The Labute approximate surface area is 124 Å². The first-order valence-corrected chi connectivity index (χ1v) is 7.08. The van der Waals surface area contributed by atoms with Crippen LogP contribution in [0.3, 0.4) is 0 Å². The highest BCUT2D eigenvalue weighted by atomic mass is 19.1. The predicted molar refractivity (Wildman–Crippen MR) is 86.7 cm³/mol. The van der Waals surface area contributed by atoms with Gasteiger partial charge in [-0.05, 0) is 42.7 Å². The molecule has 0 aromatic heterocycles. The average molecular weight is 276 g/mol. The van der Waals surface area contributed by atoms with Crippen LogP contribution < -0.4 is 0 Å². The molecule has 0 fully saturated rings.